The third-order valence-electron chi connectivity index (χ3n) is 3.26. The van der Waals surface area contributed by atoms with Crippen molar-refractivity contribution < 1.29 is 9.90 Å². The summed E-state index contributed by atoms with van der Waals surface area (Å²) in [6, 6.07) is 3.56. The largest absolute Gasteiger partial charge is 0.396 e. The quantitative estimate of drug-likeness (QED) is 0.890. The van der Waals surface area contributed by atoms with Crippen LogP contribution in [0.5, 0.6) is 0 Å². The Morgan fingerprint density at radius 2 is 2.24 bits per heavy atom. The van der Waals surface area contributed by atoms with E-state index >= 15 is 0 Å². The highest BCUT2D eigenvalue weighted by atomic mass is 35.5. The van der Waals surface area contributed by atoms with Crippen molar-refractivity contribution in [3.05, 3.63) is 21.3 Å². The number of aliphatic hydroxyl groups is 1. The average Bonchev–Trinajstić information content (AvgIpc) is 2.77. The number of hydrogen-bond acceptors (Lipinski definition) is 3. The van der Waals surface area contributed by atoms with Gasteiger partial charge in [-0.3, -0.25) is 4.79 Å². The first-order chi connectivity index (χ1) is 8.20. The number of carbonyl (C=O) groups is 1. The van der Waals surface area contributed by atoms with E-state index in [0.29, 0.717) is 9.21 Å². The summed E-state index contributed by atoms with van der Waals surface area (Å²) in [5.74, 6) is 0.121. The van der Waals surface area contributed by atoms with Crippen molar-refractivity contribution in [3.8, 4) is 0 Å². The molecule has 2 rings (SSSR count). The molecule has 1 aliphatic carbocycles. The third kappa shape index (κ3) is 3.21. The molecule has 1 amide bonds. The standard InChI is InChI=1S/C12H16ClNO2S/c13-11-6-5-10(17-11)12(16)14-9-4-2-1-3-8(9)7-15/h5-6,8-9,15H,1-4,7H2,(H,14,16). The van der Waals surface area contributed by atoms with E-state index in [-0.39, 0.29) is 24.5 Å². The fraction of sp³-hybridized carbons (Fsp3) is 0.583. The van der Waals surface area contributed by atoms with Crippen molar-refractivity contribution in [2.75, 3.05) is 6.61 Å². The smallest absolute Gasteiger partial charge is 0.261 e. The minimum atomic E-state index is -0.0766. The monoisotopic (exact) mass is 273 g/mol. The van der Waals surface area contributed by atoms with Crippen LogP contribution in [0.2, 0.25) is 4.34 Å². The van der Waals surface area contributed by atoms with Crippen molar-refractivity contribution >= 4 is 28.8 Å². The number of hydrogen-bond donors (Lipinski definition) is 2. The van der Waals surface area contributed by atoms with E-state index in [2.05, 4.69) is 5.32 Å². The molecule has 1 heterocycles. The number of amides is 1. The summed E-state index contributed by atoms with van der Waals surface area (Å²) in [6.45, 7) is 0.149. The van der Waals surface area contributed by atoms with E-state index in [9.17, 15) is 9.90 Å². The predicted octanol–water partition coefficient (Wildman–Crippen LogP) is 2.68. The summed E-state index contributed by atoms with van der Waals surface area (Å²) in [5, 5.41) is 12.3. The Labute approximate surface area is 110 Å². The molecule has 5 heteroatoms. The molecular formula is C12H16ClNO2S. The van der Waals surface area contributed by atoms with Gasteiger partial charge in [0.15, 0.2) is 0 Å². The zero-order valence-corrected chi connectivity index (χ0v) is 11.1. The number of rotatable bonds is 3. The second-order valence-electron chi connectivity index (χ2n) is 4.41. The van der Waals surface area contributed by atoms with Crippen molar-refractivity contribution in [3.63, 3.8) is 0 Å². The Balaban J connectivity index is 1.97. The summed E-state index contributed by atoms with van der Waals surface area (Å²) in [4.78, 5) is 12.6. The molecule has 0 aliphatic heterocycles. The van der Waals surface area contributed by atoms with Crippen molar-refractivity contribution in [1.82, 2.24) is 5.32 Å². The van der Waals surface area contributed by atoms with E-state index in [1.165, 1.54) is 11.3 Å². The zero-order chi connectivity index (χ0) is 12.3. The summed E-state index contributed by atoms with van der Waals surface area (Å²) in [7, 11) is 0. The minimum Gasteiger partial charge on any atom is -0.396 e. The molecule has 94 valence electrons. The van der Waals surface area contributed by atoms with Crippen LogP contribution in [0.4, 0.5) is 0 Å². The van der Waals surface area contributed by atoms with Gasteiger partial charge < -0.3 is 10.4 Å². The van der Waals surface area contributed by atoms with Gasteiger partial charge in [-0.2, -0.15) is 0 Å². The average molecular weight is 274 g/mol. The Bertz CT molecular complexity index is 394. The lowest BCUT2D eigenvalue weighted by Gasteiger charge is -2.30. The first-order valence-corrected chi connectivity index (χ1v) is 7.07. The lowest BCUT2D eigenvalue weighted by atomic mass is 9.85. The highest BCUT2D eigenvalue weighted by molar-refractivity contribution is 7.17. The number of aliphatic hydroxyl groups excluding tert-OH is 1. The Kier molecular flexibility index (Phi) is 4.42. The van der Waals surface area contributed by atoms with Gasteiger partial charge in [-0.05, 0) is 25.0 Å². The second-order valence-corrected chi connectivity index (χ2v) is 6.13. The highest BCUT2D eigenvalue weighted by Crippen LogP contribution is 2.26. The molecular weight excluding hydrogens is 258 g/mol. The molecule has 0 radical (unpaired) electrons. The SMILES string of the molecule is O=C(NC1CCCCC1CO)c1ccc(Cl)s1. The van der Waals surface area contributed by atoms with E-state index in [1.807, 2.05) is 0 Å². The zero-order valence-electron chi connectivity index (χ0n) is 9.49. The van der Waals surface area contributed by atoms with Crippen molar-refractivity contribution in [1.29, 1.82) is 0 Å². The van der Waals surface area contributed by atoms with Gasteiger partial charge in [-0.25, -0.2) is 0 Å². The van der Waals surface area contributed by atoms with Crippen LogP contribution in [-0.2, 0) is 0 Å². The summed E-state index contributed by atoms with van der Waals surface area (Å²) in [6.07, 6.45) is 4.21. The van der Waals surface area contributed by atoms with Gasteiger partial charge in [0.2, 0.25) is 0 Å². The van der Waals surface area contributed by atoms with Gasteiger partial charge in [0.25, 0.3) is 5.91 Å². The molecule has 2 unspecified atom stereocenters. The maximum Gasteiger partial charge on any atom is 0.261 e. The van der Waals surface area contributed by atoms with Crippen LogP contribution in [-0.4, -0.2) is 23.7 Å². The normalized spacial score (nSPS) is 24.6. The van der Waals surface area contributed by atoms with Gasteiger partial charge >= 0.3 is 0 Å². The molecule has 0 bridgehead atoms. The van der Waals surface area contributed by atoms with Gasteiger partial charge in [0.05, 0.1) is 9.21 Å². The van der Waals surface area contributed by atoms with Crippen molar-refractivity contribution in [2.24, 2.45) is 5.92 Å². The fourth-order valence-corrected chi connectivity index (χ4v) is 3.24. The number of thiophene rings is 1. The molecule has 1 saturated carbocycles. The molecule has 17 heavy (non-hydrogen) atoms. The summed E-state index contributed by atoms with van der Waals surface area (Å²) >= 11 is 7.09. The lowest BCUT2D eigenvalue weighted by Crippen LogP contribution is -2.43. The van der Waals surface area contributed by atoms with Gasteiger partial charge in [0, 0.05) is 18.6 Å². The minimum absolute atomic E-state index is 0.0766. The first-order valence-electron chi connectivity index (χ1n) is 5.88. The number of carbonyl (C=O) groups excluding carboxylic acids is 1. The summed E-state index contributed by atoms with van der Waals surface area (Å²) < 4.78 is 0.623. The van der Waals surface area contributed by atoms with Gasteiger partial charge in [-0.1, -0.05) is 24.4 Å². The molecule has 0 spiro atoms. The first kappa shape index (κ1) is 12.9. The summed E-state index contributed by atoms with van der Waals surface area (Å²) in [5.41, 5.74) is 0. The van der Waals surface area contributed by atoms with Gasteiger partial charge in [0.1, 0.15) is 0 Å². The highest BCUT2D eigenvalue weighted by Gasteiger charge is 2.26. The third-order valence-corrected chi connectivity index (χ3v) is 4.49. The topological polar surface area (TPSA) is 49.3 Å². The molecule has 0 saturated heterocycles. The molecule has 2 atom stereocenters. The fourth-order valence-electron chi connectivity index (χ4n) is 2.29. The maximum absolute atomic E-state index is 11.9. The van der Waals surface area contributed by atoms with E-state index in [0.717, 1.165) is 25.7 Å². The van der Waals surface area contributed by atoms with Crippen molar-refractivity contribution in [2.45, 2.75) is 31.7 Å². The molecule has 1 fully saturated rings. The van der Waals surface area contributed by atoms with E-state index in [4.69, 9.17) is 11.6 Å². The van der Waals surface area contributed by atoms with Crippen LogP contribution in [0.3, 0.4) is 0 Å². The molecule has 1 aromatic heterocycles. The maximum atomic E-state index is 11.9. The van der Waals surface area contributed by atoms with E-state index in [1.54, 1.807) is 12.1 Å². The Hall–Kier alpha value is -0.580. The number of halogens is 1. The predicted molar refractivity (Wildman–Crippen MR) is 69.6 cm³/mol. The number of nitrogens with one attached hydrogen (secondary N) is 1. The van der Waals surface area contributed by atoms with Crippen LogP contribution in [0.15, 0.2) is 12.1 Å². The molecule has 2 N–H and O–H groups in total. The van der Waals surface area contributed by atoms with Crippen LogP contribution in [0.25, 0.3) is 0 Å². The molecule has 0 aromatic carbocycles. The molecule has 1 aliphatic rings. The van der Waals surface area contributed by atoms with Crippen LogP contribution in [0.1, 0.15) is 35.4 Å². The van der Waals surface area contributed by atoms with Crippen LogP contribution >= 0.6 is 22.9 Å². The van der Waals surface area contributed by atoms with Crippen LogP contribution in [0, 0.1) is 5.92 Å². The lowest BCUT2D eigenvalue weighted by molar-refractivity contribution is 0.0876. The van der Waals surface area contributed by atoms with Gasteiger partial charge in [-0.15, -0.1) is 11.3 Å². The molecule has 1 aromatic rings. The van der Waals surface area contributed by atoms with E-state index < -0.39 is 0 Å². The molecule has 3 nitrogen and oxygen atoms in total. The van der Waals surface area contributed by atoms with Crippen LogP contribution < -0.4 is 5.32 Å². The Morgan fingerprint density at radius 3 is 2.88 bits per heavy atom. The second kappa shape index (κ2) is 5.85. The Morgan fingerprint density at radius 1 is 1.47 bits per heavy atom.